The predicted molar refractivity (Wildman–Crippen MR) is 69.8 cm³/mol. The van der Waals surface area contributed by atoms with Gasteiger partial charge in [-0.2, -0.15) is 0 Å². The van der Waals surface area contributed by atoms with Gasteiger partial charge in [0.15, 0.2) is 0 Å². The Bertz CT molecular complexity index is 583. The van der Waals surface area contributed by atoms with Crippen LogP contribution in [-0.4, -0.2) is 22.2 Å². The number of hydrogen-bond donors (Lipinski definition) is 2. The first-order valence-corrected chi connectivity index (χ1v) is 5.82. The van der Waals surface area contributed by atoms with E-state index in [-0.39, 0.29) is 12.1 Å². The maximum absolute atomic E-state index is 13.1. The molecule has 0 atom stereocenters. The Hall–Kier alpha value is -1.63. The van der Waals surface area contributed by atoms with Crippen molar-refractivity contribution in [3.8, 4) is 5.75 Å². The molecule has 19 heavy (non-hydrogen) atoms. The summed E-state index contributed by atoms with van der Waals surface area (Å²) in [4.78, 5) is 3.81. The number of pyridine rings is 1. The van der Waals surface area contributed by atoms with Gasteiger partial charge < -0.3 is 14.8 Å². The largest absolute Gasteiger partial charge is 0.490 e. The molecule has 0 radical (unpaired) electrons. The lowest BCUT2D eigenvalue weighted by Gasteiger charge is -2.08. The van der Waals surface area contributed by atoms with E-state index in [1.54, 1.807) is 0 Å². The zero-order valence-corrected chi connectivity index (χ0v) is 10.5. The maximum Gasteiger partial charge on any atom is 0.490 e. The van der Waals surface area contributed by atoms with Crippen molar-refractivity contribution in [2.75, 3.05) is 0 Å². The Morgan fingerprint density at radius 1 is 1.26 bits per heavy atom. The topological polar surface area (TPSA) is 62.6 Å². The van der Waals surface area contributed by atoms with Crippen LogP contribution in [0.15, 0.2) is 36.7 Å². The monoisotopic (exact) mass is 281 g/mol. The van der Waals surface area contributed by atoms with Crippen LogP contribution in [0.4, 0.5) is 4.39 Å². The molecule has 0 aliphatic carbocycles. The van der Waals surface area contributed by atoms with Crippen LogP contribution in [0.25, 0.3) is 0 Å². The van der Waals surface area contributed by atoms with E-state index < -0.39 is 12.9 Å². The lowest BCUT2D eigenvalue weighted by molar-refractivity contribution is 0.304. The molecule has 2 aromatic rings. The van der Waals surface area contributed by atoms with Crippen LogP contribution in [0, 0.1) is 5.82 Å². The smallest absolute Gasteiger partial charge is 0.487 e. The average molecular weight is 281 g/mol. The van der Waals surface area contributed by atoms with Gasteiger partial charge in [-0.05, 0) is 24.3 Å². The number of hydrogen-bond acceptors (Lipinski definition) is 4. The van der Waals surface area contributed by atoms with E-state index >= 15 is 0 Å². The molecular weight excluding hydrogens is 271 g/mol. The van der Waals surface area contributed by atoms with Gasteiger partial charge in [0, 0.05) is 22.2 Å². The molecule has 0 fully saturated rings. The number of rotatable bonds is 4. The van der Waals surface area contributed by atoms with Gasteiger partial charge in [-0.1, -0.05) is 11.6 Å². The summed E-state index contributed by atoms with van der Waals surface area (Å²) in [6.45, 7) is 0.0588. The van der Waals surface area contributed by atoms with E-state index in [1.165, 1.54) is 36.7 Å². The fourth-order valence-electron chi connectivity index (χ4n) is 1.47. The van der Waals surface area contributed by atoms with Crippen molar-refractivity contribution in [2.24, 2.45) is 0 Å². The Morgan fingerprint density at radius 2 is 2.05 bits per heavy atom. The first kappa shape index (κ1) is 13.8. The highest BCUT2D eigenvalue weighted by molar-refractivity contribution is 6.58. The SMILES string of the molecule is OB(O)c1cncc(OCc2cc(F)ccc2Cl)c1. The quantitative estimate of drug-likeness (QED) is 0.825. The van der Waals surface area contributed by atoms with Crippen molar-refractivity contribution in [3.63, 3.8) is 0 Å². The third-order valence-corrected chi connectivity index (χ3v) is 2.80. The van der Waals surface area contributed by atoms with Gasteiger partial charge in [-0.15, -0.1) is 0 Å². The highest BCUT2D eigenvalue weighted by Crippen LogP contribution is 2.19. The van der Waals surface area contributed by atoms with Crippen molar-refractivity contribution in [1.82, 2.24) is 4.98 Å². The van der Waals surface area contributed by atoms with Gasteiger partial charge in [0.2, 0.25) is 0 Å². The second-order valence-corrected chi connectivity index (χ2v) is 4.26. The fraction of sp³-hybridized carbons (Fsp3) is 0.0833. The number of nitrogens with zero attached hydrogens (tertiary/aromatic N) is 1. The minimum Gasteiger partial charge on any atom is -0.487 e. The molecular formula is C12H10BClFNO3. The lowest BCUT2D eigenvalue weighted by atomic mass is 9.82. The molecule has 0 aliphatic rings. The van der Waals surface area contributed by atoms with Gasteiger partial charge in [-0.3, -0.25) is 4.98 Å². The van der Waals surface area contributed by atoms with Crippen molar-refractivity contribution in [3.05, 3.63) is 53.1 Å². The third kappa shape index (κ3) is 3.67. The molecule has 2 N–H and O–H groups in total. The first-order valence-electron chi connectivity index (χ1n) is 5.44. The molecule has 7 heteroatoms. The van der Waals surface area contributed by atoms with E-state index in [9.17, 15) is 4.39 Å². The Morgan fingerprint density at radius 3 is 2.79 bits per heavy atom. The number of ether oxygens (including phenoxy) is 1. The minimum absolute atomic E-state index is 0.0588. The fourth-order valence-corrected chi connectivity index (χ4v) is 1.64. The van der Waals surface area contributed by atoms with Crippen molar-refractivity contribution < 1.29 is 19.2 Å². The Balaban J connectivity index is 2.10. The van der Waals surface area contributed by atoms with Gasteiger partial charge in [0.05, 0.1) is 6.20 Å². The van der Waals surface area contributed by atoms with E-state index in [2.05, 4.69) is 4.98 Å². The molecule has 1 aromatic carbocycles. The summed E-state index contributed by atoms with van der Waals surface area (Å²) in [6.07, 6.45) is 2.73. The predicted octanol–water partition coefficient (Wildman–Crippen LogP) is 1.13. The Kier molecular flexibility index (Phi) is 4.37. The van der Waals surface area contributed by atoms with Crippen molar-refractivity contribution >= 4 is 24.2 Å². The molecule has 0 unspecified atom stereocenters. The van der Waals surface area contributed by atoms with Gasteiger partial charge in [0.25, 0.3) is 0 Å². The van der Waals surface area contributed by atoms with E-state index in [1.807, 2.05) is 0 Å². The molecule has 1 aromatic heterocycles. The number of halogens is 2. The third-order valence-electron chi connectivity index (χ3n) is 2.43. The molecule has 0 saturated carbocycles. The molecule has 0 spiro atoms. The molecule has 0 bridgehead atoms. The van der Waals surface area contributed by atoms with Gasteiger partial charge in [-0.25, -0.2) is 4.39 Å². The van der Waals surface area contributed by atoms with Crippen molar-refractivity contribution in [1.29, 1.82) is 0 Å². The summed E-state index contributed by atoms with van der Waals surface area (Å²) in [5.74, 6) is -0.0633. The molecule has 0 saturated heterocycles. The van der Waals surface area contributed by atoms with Crippen LogP contribution in [-0.2, 0) is 6.61 Å². The molecule has 2 rings (SSSR count). The summed E-state index contributed by atoms with van der Waals surface area (Å²) >= 11 is 5.90. The molecule has 0 amide bonds. The second-order valence-electron chi connectivity index (χ2n) is 3.85. The number of aromatic nitrogens is 1. The van der Waals surface area contributed by atoms with Crippen LogP contribution in [0.3, 0.4) is 0 Å². The maximum atomic E-state index is 13.1. The zero-order valence-electron chi connectivity index (χ0n) is 9.75. The number of benzene rings is 1. The summed E-state index contributed by atoms with van der Waals surface area (Å²) in [6, 6.07) is 5.42. The van der Waals surface area contributed by atoms with Crippen LogP contribution in [0.5, 0.6) is 5.75 Å². The van der Waals surface area contributed by atoms with Crippen LogP contribution in [0.2, 0.25) is 5.02 Å². The average Bonchev–Trinajstić information content (AvgIpc) is 2.40. The zero-order chi connectivity index (χ0) is 13.8. The first-order chi connectivity index (χ1) is 9.06. The summed E-state index contributed by atoms with van der Waals surface area (Å²) < 4.78 is 18.4. The molecule has 1 heterocycles. The lowest BCUT2D eigenvalue weighted by Crippen LogP contribution is -2.30. The summed E-state index contributed by atoms with van der Waals surface area (Å²) in [5, 5.41) is 18.4. The standard InChI is InChI=1S/C12H10BClFNO3/c14-12-2-1-10(15)3-8(12)7-19-11-4-9(13(17)18)5-16-6-11/h1-6,17-18H,7H2. The van der Waals surface area contributed by atoms with E-state index in [0.717, 1.165) is 0 Å². The van der Waals surface area contributed by atoms with Gasteiger partial charge >= 0.3 is 7.12 Å². The molecule has 4 nitrogen and oxygen atoms in total. The van der Waals surface area contributed by atoms with Gasteiger partial charge in [0.1, 0.15) is 18.2 Å². The highest BCUT2D eigenvalue weighted by Gasteiger charge is 2.12. The van der Waals surface area contributed by atoms with E-state index in [4.69, 9.17) is 26.4 Å². The summed E-state index contributed by atoms with van der Waals surface area (Å²) in [7, 11) is -1.62. The minimum atomic E-state index is -1.62. The highest BCUT2D eigenvalue weighted by atomic mass is 35.5. The normalized spacial score (nSPS) is 10.3. The van der Waals surface area contributed by atoms with Crippen LogP contribution >= 0.6 is 11.6 Å². The molecule has 0 aliphatic heterocycles. The Labute approximate surface area is 114 Å². The molecule has 98 valence electrons. The van der Waals surface area contributed by atoms with Crippen LogP contribution in [0.1, 0.15) is 5.56 Å². The second kappa shape index (κ2) is 6.01. The van der Waals surface area contributed by atoms with E-state index in [0.29, 0.717) is 16.3 Å². The van der Waals surface area contributed by atoms with Crippen molar-refractivity contribution in [2.45, 2.75) is 6.61 Å². The summed E-state index contributed by atoms with van der Waals surface area (Å²) in [5.41, 5.74) is 0.708. The van der Waals surface area contributed by atoms with Crippen LogP contribution < -0.4 is 10.2 Å².